The van der Waals surface area contributed by atoms with Gasteiger partial charge in [0.1, 0.15) is 0 Å². The van der Waals surface area contributed by atoms with E-state index in [0.717, 1.165) is 0 Å². The lowest BCUT2D eigenvalue weighted by atomic mass is 10.2. The molecule has 0 N–H and O–H groups in total. The van der Waals surface area contributed by atoms with E-state index in [0.29, 0.717) is 17.1 Å². The van der Waals surface area contributed by atoms with Crippen molar-refractivity contribution < 1.29 is 18.9 Å². The van der Waals surface area contributed by atoms with Gasteiger partial charge in [-0.3, -0.25) is 0 Å². The maximum Gasteiger partial charge on any atom is 0.188 e. The van der Waals surface area contributed by atoms with Crippen LogP contribution in [0.3, 0.4) is 0 Å². The highest BCUT2D eigenvalue weighted by atomic mass is 16.7. The Kier molecular flexibility index (Phi) is 5.12. The summed E-state index contributed by atoms with van der Waals surface area (Å²) in [6.07, 6.45) is 0. The van der Waals surface area contributed by atoms with Crippen molar-refractivity contribution in [3.05, 3.63) is 23.8 Å². The summed E-state index contributed by atoms with van der Waals surface area (Å²) in [5.74, 6) is 0.968. The number of hydrogen-bond donors (Lipinski definition) is 0. The average Bonchev–Trinajstić information content (AvgIpc) is 2.34. The lowest BCUT2D eigenvalue weighted by molar-refractivity contribution is 0.0322. The Morgan fingerprint density at radius 2 is 1.69 bits per heavy atom. The first-order chi connectivity index (χ1) is 7.81. The molecule has 16 heavy (non-hydrogen) atoms. The van der Waals surface area contributed by atoms with Crippen LogP contribution in [0.4, 0.5) is 0 Å². The van der Waals surface area contributed by atoms with E-state index >= 15 is 0 Å². The Labute approximate surface area is 94.1 Å². The Bertz CT molecular complexity index is 373. The van der Waals surface area contributed by atoms with Crippen LogP contribution in [0, 0.1) is 11.3 Å². The van der Waals surface area contributed by atoms with E-state index in [1.165, 1.54) is 14.2 Å². The third-order valence-corrected chi connectivity index (χ3v) is 1.74. The summed E-state index contributed by atoms with van der Waals surface area (Å²) in [4.78, 5) is 0. The second-order valence-electron chi connectivity index (χ2n) is 2.88. The first-order valence-electron chi connectivity index (χ1n) is 4.59. The largest absolute Gasteiger partial charge is 0.464 e. The molecule has 0 saturated carbocycles. The number of nitrogens with zero attached hydrogens (tertiary/aromatic N) is 1. The van der Waals surface area contributed by atoms with Crippen LogP contribution in [-0.2, 0) is 9.47 Å². The van der Waals surface area contributed by atoms with Gasteiger partial charge in [0.05, 0.1) is 11.6 Å². The molecular weight excluding hydrogens is 210 g/mol. The van der Waals surface area contributed by atoms with Crippen LogP contribution in [0.2, 0.25) is 0 Å². The predicted molar refractivity (Wildman–Crippen MR) is 56.2 cm³/mol. The minimum Gasteiger partial charge on any atom is -0.464 e. The summed E-state index contributed by atoms with van der Waals surface area (Å²) in [6.45, 7) is 0.216. The fraction of sp³-hybridized carbons (Fsp3) is 0.364. The summed E-state index contributed by atoms with van der Waals surface area (Å²) in [6, 6.07) is 6.91. The molecule has 0 fully saturated rings. The molecule has 0 heterocycles. The third-order valence-electron chi connectivity index (χ3n) is 1.74. The average molecular weight is 223 g/mol. The quantitative estimate of drug-likeness (QED) is 0.684. The predicted octanol–water partition coefficient (Wildman–Crippen LogP) is 1.52. The highest BCUT2D eigenvalue weighted by Crippen LogP contribution is 2.28. The SMILES string of the molecule is COCOc1ccc(C#N)cc1OCOC. The van der Waals surface area contributed by atoms with Crippen molar-refractivity contribution in [2.24, 2.45) is 0 Å². The molecule has 0 aromatic heterocycles. The zero-order valence-electron chi connectivity index (χ0n) is 9.23. The standard InChI is InChI=1S/C11H13NO4/c1-13-7-15-10-4-3-9(6-12)5-11(10)16-8-14-2/h3-5H,7-8H2,1-2H3. The van der Waals surface area contributed by atoms with Crippen molar-refractivity contribution in [3.63, 3.8) is 0 Å². The minimum atomic E-state index is 0.0955. The minimum absolute atomic E-state index is 0.0955. The molecule has 86 valence electrons. The molecule has 1 rings (SSSR count). The Balaban J connectivity index is 2.83. The molecule has 1 aromatic carbocycles. The normalized spacial score (nSPS) is 9.56. The number of methoxy groups -OCH3 is 2. The van der Waals surface area contributed by atoms with E-state index in [-0.39, 0.29) is 13.6 Å². The molecular formula is C11H13NO4. The van der Waals surface area contributed by atoms with Gasteiger partial charge in [-0.25, -0.2) is 0 Å². The summed E-state index contributed by atoms with van der Waals surface area (Å²) >= 11 is 0. The van der Waals surface area contributed by atoms with Gasteiger partial charge >= 0.3 is 0 Å². The summed E-state index contributed by atoms with van der Waals surface area (Å²) < 4.78 is 20.1. The molecule has 0 aliphatic rings. The fourth-order valence-electron chi connectivity index (χ4n) is 1.05. The monoisotopic (exact) mass is 223 g/mol. The molecule has 1 aromatic rings. The van der Waals surface area contributed by atoms with E-state index in [2.05, 4.69) is 0 Å². The van der Waals surface area contributed by atoms with Crippen LogP contribution in [0.5, 0.6) is 11.5 Å². The molecule has 0 saturated heterocycles. The van der Waals surface area contributed by atoms with Crippen molar-refractivity contribution in [2.45, 2.75) is 0 Å². The van der Waals surface area contributed by atoms with Crippen LogP contribution in [0.1, 0.15) is 5.56 Å². The maximum atomic E-state index is 8.75. The Morgan fingerprint density at radius 3 is 2.25 bits per heavy atom. The van der Waals surface area contributed by atoms with Gasteiger partial charge in [0, 0.05) is 20.3 Å². The Morgan fingerprint density at radius 1 is 1.06 bits per heavy atom. The lowest BCUT2D eigenvalue weighted by Crippen LogP contribution is -2.04. The zero-order chi connectivity index (χ0) is 11.8. The van der Waals surface area contributed by atoms with E-state index in [1.54, 1.807) is 18.2 Å². The molecule has 0 amide bonds. The second kappa shape index (κ2) is 6.67. The summed E-state index contributed by atoms with van der Waals surface area (Å²) in [5.41, 5.74) is 0.496. The van der Waals surface area contributed by atoms with E-state index < -0.39 is 0 Å². The van der Waals surface area contributed by atoms with Gasteiger partial charge in [0.2, 0.25) is 0 Å². The van der Waals surface area contributed by atoms with Crippen LogP contribution in [0.25, 0.3) is 0 Å². The van der Waals surface area contributed by atoms with Crippen LogP contribution >= 0.6 is 0 Å². The second-order valence-corrected chi connectivity index (χ2v) is 2.88. The highest BCUT2D eigenvalue weighted by molar-refractivity contribution is 5.46. The van der Waals surface area contributed by atoms with Gasteiger partial charge in [0.25, 0.3) is 0 Å². The molecule has 0 radical (unpaired) electrons. The number of rotatable bonds is 6. The lowest BCUT2D eigenvalue weighted by Gasteiger charge is -2.11. The van der Waals surface area contributed by atoms with Gasteiger partial charge < -0.3 is 18.9 Å². The van der Waals surface area contributed by atoms with E-state index in [4.69, 9.17) is 24.2 Å². The molecule has 0 bridgehead atoms. The van der Waals surface area contributed by atoms with Gasteiger partial charge in [0.15, 0.2) is 25.1 Å². The van der Waals surface area contributed by atoms with Crippen LogP contribution < -0.4 is 9.47 Å². The molecule has 0 spiro atoms. The molecule has 0 aliphatic heterocycles. The molecule has 0 aliphatic carbocycles. The van der Waals surface area contributed by atoms with E-state index in [9.17, 15) is 0 Å². The van der Waals surface area contributed by atoms with Gasteiger partial charge in [-0.1, -0.05) is 0 Å². The first kappa shape index (κ1) is 12.3. The number of ether oxygens (including phenoxy) is 4. The molecule has 0 unspecified atom stereocenters. The topological polar surface area (TPSA) is 60.7 Å². The number of nitriles is 1. The van der Waals surface area contributed by atoms with E-state index in [1.807, 2.05) is 6.07 Å². The van der Waals surface area contributed by atoms with Crippen LogP contribution in [-0.4, -0.2) is 27.8 Å². The highest BCUT2D eigenvalue weighted by Gasteiger charge is 2.06. The Hall–Kier alpha value is -1.77. The zero-order valence-corrected chi connectivity index (χ0v) is 9.23. The summed E-state index contributed by atoms with van der Waals surface area (Å²) in [7, 11) is 3.04. The summed E-state index contributed by atoms with van der Waals surface area (Å²) in [5, 5.41) is 8.75. The number of hydrogen-bond acceptors (Lipinski definition) is 5. The molecule has 5 nitrogen and oxygen atoms in total. The maximum absolute atomic E-state index is 8.75. The first-order valence-corrected chi connectivity index (χ1v) is 4.59. The number of benzene rings is 1. The van der Waals surface area contributed by atoms with Gasteiger partial charge in [-0.15, -0.1) is 0 Å². The van der Waals surface area contributed by atoms with Gasteiger partial charge in [-0.2, -0.15) is 5.26 Å². The van der Waals surface area contributed by atoms with Crippen molar-refractivity contribution in [3.8, 4) is 17.6 Å². The molecule has 5 heteroatoms. The van der Waals surface area contributed by atoms with Crippen molar-refractivity contribution >= 4 is 0 Å². The van der Waals surface area contributed by atoms with Gasteiger partial charge in [-0.05, 0) is 12.1 Å². The smallest absolute Gasteiger partial charge is 0.188 e. The third kappa shape index (κ3) is 3.42. The van der Waals surface area contributed by atoms with Crippen molar-refractivity contribution in [2.75, 3.05) is 27.8 Å². The fourth-order valence-corrected chi connectivity index (χ4v) is 1.05. The van der Waals surface area contributed by atoms with Crippen LogP contribution in [0.15, 0.2) is 18.2 Å². The van der Waals surface area contributed by atoms with Crippen molar-refractivity contribution in [1.29, 1.82) is 5.26 Å². The van der Waals surface area contributed by atoms with Crippen molar-refractivity contribution in [1.82, 2.24) is 0 Å². The molecule has 0 atom stereocenters.